The van der Waals surface area contributed by atoms with E-state index in [1.54, 1.807) is 0 Å². The third kappa shape index (κ3) is 1.90. The average molecular weight is 279 g/mol. The Hall–Kier alpha value is -1.76. The van der Waals surface area contributed by atoms with Gasteiger partial charge in [0.1, 0.15) is 0 Å². The predicted octanol–water partition coefficient (Wildman–Crippen LogP) is 2.79. The van der Waals surface area contributed by atoms with Crippen LogP contribution in [0.25, 0.3) is 5.65 Å². The molecule has 0 aliphatic heterocycles. The summed E-state index contributed by atoms with van der Waals surface area (Å²) in [5.41, 5.74) is -1.83. The molecule has 0 aliphatic carbocycles. The molecule has 0 N–H and O–H groups in total. The molecule has 0 saturated heterocycles. The Kier molecular flexibility index (Phi) is 2.94. The first-order valence-electron chi connectivity index (χ1n) is 4.67. The fourth-order valence-corrected chi connectivity index (χ4v) is 1.86. The van der Waals surface area contributed by atoms with E-state index in [9.17, 15) is 18.0 Å². The zero-order valence-electron chi connectivity index (χ0n) is 8.95. The Bertz CT molecular complexity index is 621. The molecule has 2 aromatic heterocycles. The van der Waals surface area contributed by atoms with Crippen LogP contribution in [0.1, 0.15) is 15.9 Å². The third-order valence-corrected chi connectivity index (χ3v) is 2.67. The maximum Gasteiger partial charge on any atom is 0.418 e. The number of fused-ring (bicyclic) bond motifs is 1. The fraction of sp³-hybridized carbons (Fsp3) is 0.200. The highest BCUT2D eigenvalue weighted by Crippen LogP contribution is 2.36. The van der Waals surface area contributed by atoms with Gasteiger partial charge in [-0.25, -0.2) is 9.78 Å². The van der Waals surface area contributed by atoms with Crippen LogP contribution in [0.3, 0.4) is 0 Å². The highest BCUT2D eigenvalue weighted by molar-refractivity contribution is 6.36. The van der Waals surface area contributed by atoms with E-state index in [0.717, 1.165) is 17.7 Å². The molecule has 18 heavy (non-hydrogen) atoms. The van der Waals surface area contributed by atoms with Gasteiger partial charge < -0.3 is 9.14 Å². The van der Waals surface area contributed by atoms with E-state index in [4.69, 9.17) is 11.6 Å². The van der Waals surface area contributed by atoms with Gasteiger partial charge in [-0.05, 0) is 0 Å². The van der Waals surface area contributed by atoms with Crippen molar-refractivity contribution in [2.75, 3.05) is 7.11 Å². The summed E-state index contributed by atoms with van der Waals surface area (Å²) < 4.78 is 44.0. The maximum atomic E-state index is 12.9. The van der Waals surface area contributed by atoms with Crippen molar-refractivity contribution < 1.29 is 22.7 Å². The molecular formula is C10H6ClF3N2O2. The van der Waals surface area contributed by atoms with E-state index in [-0.39, 0.29) is 10.7 Å². The largest absolute Gasteiger partial charge is 0.465 e. The van der Waals surface area contributed by atoms with Crippen LogP contribution in [0.15, 0.2) is 18.6 Å². The topological polar surface area (TPSA) is 43.6 Å². The monoisotopic (exact) mass is 278 g/mol. The molecule has 8 heteroatoms. The van der Waals surface area contributed by atoms with Crippen molar-refractivity contribution in [1.82, 2.24) is 9.38 Å². The summed E-state index contributed by atoms with van der Waals surface area (Å²) in [4.78, 5) is 15.2. The molecule has 0 spiro atoms. The summed E-state index contributed by atoms with van der Waals surface area (Å²) in [5, 5.41) is -0.387. The second-order valence-electron chi connectivity index (χ2n) is 3.38. The summed E-state index contributed by atoms with van der Waals surface area (Å²) in [7, 11) is 0.981. The van der Waals surface area contributed by atoms with Crippen molar-refractivity contribution in [1.29, 1.82) is 0 Å². The van der Waals surface area contributed by atoms with E-state index in [1.165, 1.54) is 12.4 Å². The minimum Gasteiger partial charge on any atom is -0.465 e. The van der Waals surface area contributed by atoms with Gasteiger partial charge in [0.2, 0.25) is 0 Å². The molecule has 4 nitrogen and oxygen atoms in total. The molecule has 2 heterocycles. The van der Waals surface area contributed by atoms with E-state index < -0.39 is 23.3 Å². The number of hydrogen-bond donors (Lipinski definition) is 0. The molecule has 0 saturated carbocycles. The summed E-state index contributed by atoms with van der Waals surface area (Å²) in [5.74, 6) is -1.15. The number of hydrogen-bond acceptors (Lipinski definition) is 3. The highest BCUT2D eigenvalue weighted by atomic mass is 35.5. The molecular weight excluding hydrogens is 273 g/mol. The molecule has 0 atom stereocenters. The Morgan fingerprint density at radius 3 is 2.72 bits per heavy atom. The van der Waals surface area contributed by atoms with Crippen LogP contribution in [0, 0.1) is 0 Å². The number of carbonyl (C=O) groups is 1. The van der Waals surface area contributed by atoms with Crippen LogP contribution < -0.4 is 0 Å². The number of aromatic nitrogens is 2. The van der Waals surface area contributed by atoms with E-state index in [0.29, 0.717) is 0 Å². The van der Waals surface area contributed by atoms with Crippen molar-refractivity contribution >= 4 is 23.2 Å². The normalized spacial score (nSPS) is 11.8. The van der Waals surface area contributed by atoms with Crippen molar-refractivity contribution in [2.45, 2.75) is 6.18 Å². The lowest BCUT2D eigenvalue weighted by atomic mass is 10.1. The van der Waals surface area contributed by atoms with Crippen LogP contribution in [0.5, 0.6) is 0 Å². The number of pyridine rings is 1. The summed E-state index contributed by atoms with van der Waals surface area (Å²) >= 11 is 5.78. The first-order chi connectivity index (χ1) is 8.36. The van der Waals surface area contributed by atoms with Gasteiger partial charge in [-0.1, -0.05) is 11.6 Å². The van der Waals surface area contributed by atoms with Gasteiger partial charge in [-0.3, -0.25) is 0 Å². The summed E-state index contributed by atoms with van der Waals surface area (Å²) in [6, 6.07) is 0. The number of imidazole rings is 1. The maximum absolute atomic E-state index is 12.9. The molecule has 0 unspecified atom stereocenters. The number of nitrogens with zero attached hydrogens (tertiary/aromatic N) is 2. The minimum absolute atomic E-state index is 0.0602. The number of carbonyl (C=O) groups excluding carboxylic acids is 1. The van der Waals surface area contributed by atoms with Crippen molar-refractivity contribution in [3.63, 3.8) is 0 Å². The van der Waals surface area contributed by atoms with Gasteiger partial charge in [0, 0.05) is 18.6 Å². The van der Waals surface area contributed by atoms with Crippen LogP contribution in [0.2, 0.25) is 5.02 Å². The quantitative estimate of drug-likeness (QED) is 0.754. The Morgan fingerprint density at radius 1 is 1.50 bits per heavy atom. The lowest BCUT2D eigenvalue weighted by molar-refractivity contribution is -0.138. The zero-order valence-corrected chi connectivity index (χ0v) is 9.71. The van der Waals surface area contributed by atoms with E-state index in [1.807, 2.05) is 0 Å². The second kappa shape index (κ2) is 4.16. The van der Waals surface area contributed by atoms with Gasteiger partial charge in [-0.15, -0.1) is 0 Å². The standard InChI is InChI=1S/C10H6ClF3N2O2/c1-18-9(17)6-5(10(12,13)14)4-16-3-2-15-8(16)7(6)11/h2-4H,1H3. The number of ether oxygens (including phenoxy) is 1. The Labute approximate surface area is 104 Å². The molecule has 0 aliphatic rings. The Balaban J connectivity index is 2.85. The Morgan fingerprint density at radius 2 is 2.17 bits per heavy atom. The minimum atomic E-state index is -4.72. The third-order valence-electron chi connectivity index (χ3n) is 2.32. The van der Waals surface area contributed by atoms with Gasteiger partial charge in [-0.2, -0.15) is 13.2 Å². The average Bonchev–Trinajstić information content (AvgIpc) is 2.75. The molecule has 0 radical (unpaired) electrons. The lowest BCUT2D eigenvalue weighted by Gasteiger charge is -2.13. The molecule has 96 valence electrons. The highest BCUT2D eigenvalue weighted by Gasteiger charge is 2.38. The van der Waals surface area contributed by atoms with E-state index in [2.05, 4.69) is 9.72 Å². The first kappa shape index (κ1) is 12.7. The van der Waals surface area contributed by atoms with Gasteiger partial charge in [0.25, 0.3) is 0 Å². The smallest absolute Gasteiger partial charge is 0.418 e. The summed E-state index contributed by atoms with van der Waals surface area (Å²) in [6.07, 6.45) is -1.38. The molecule has 2 aromatic rings. The van der Waals surface area contributed by atoms with Crippen molar-refractivity contribution in [2.24, 2.45) is 0 Å². The summed E-state index contributed by atoms with van der Waals surface area (Å²) in [6.45, 7) is 0. The SMILES string of the molecule is COC(=O)c1c(C(F)(F)F)cn2ccnc2c1Cl. The fourth-order valence-electron chi connectivity index (χ4n) is 1.54. The number of rotatable bonds is 1. The molecule has 0 amide bonds. The molecule has 0 bridgehead atoms. The van der Waals surface area contributed by atoms with Crippen LogP contribution in [-0.2, 0) is 10.9 Å². The van der Waals surface area contributed by atoms with Crippen molar-refractivity contribution in [3.8, 4) is 0 Å². The van der Waals surface area contributed by atoms with Crippen LogP contribution in [0.4, 0.5) is 13.2 Å². The van der Waals surface area contributed by atoms with Gasteiger partial charge in [0.05, 0.1) is 23.3 Å². The van der Waals surface area contributed by atoms with E-state index >= 15 is 0 Å². The second-order valence-corrected chi connectivity index (χ2v) is 3.76. The number of esters is 1. The van der Waals surface area contributed by atoms with Gasteiger partial charge in [0.15, 0.2) is 5.65 Å². The number of alkyl halides is 3. The zero-order chi connectivity index (χ0) is 13.5. The number of halogens is 4. The van der Waals surface area contributed by atoms with Crippen molar-refractivity contribution in [3.05, 3.63) is 34.7 Å². The van der Waals surface area contributed by atoms with Crippen LogP contribution in [-0.4, -0.2) is 22.5 Å². The van der Waals surface area contributed by atoms with Crippen LogP contribution >= 0.6 is 11.6 Å². The number of methoxy groups -OCH3 is 1. The van der Waals surface area contributed by atoms with Gasteiger partial charge >= 0.3 is 12.1 Å². The molecule has 0 fully saturated rings. The first-order valence-corrected chi connectivity index (χ1v) is 5.04. The molecule has 0 aromatic carbocycles. The molecule has 2 rings (SSSR count). The predicted molar refractivity (Wildman–Crippen MR) is 56.5 cm³/mol. The lowest BCUT2D eigenvalue weighted by Crippen LogP contribution is -2.16.